The predicted molar refractivity (Wildman–Crippen MR) is 89.8 cm³/mol. The summed E-state index contributed by atoms with van der Waals surface area (Å²) in [4.78, 5) is 0. The maximum absolute atomic E-state index is 6.36. The van der Waals surface area contributed by atoms with E-state index < -0.39 is 5.79 Å². The van der Waals surface area contributed by atoms with Gasteiger partial charge in [0.2, 0.25) is 0 Å². The fourth-order valence-corrected chi connectivity index (χ4v) is 3.69. The van der Waals surface area contributed by atoms with Crippen molar-refractivity contribution in [1.82, 2.24) is 0 Å². The first-order valence-electron chi connectivity index (χ1n) is 8.98. The van der Waals surface area contributed by atoms with E-state index in [1.807, 2.05) is 0 Å². The highest BCUT2D eigenvalue weighted by Gasteiger charge is 2.50. The van der Waals surface area contributed by atoms with Crippen molar-refractivity contribution in [3.8, 4) is 0 Å². The van der Waals surface area contributed by atoms with E-state index in [1.54, 1.807) is 0 Å². The van der Waals surface area contributed by atoms with Crippen molar-refractivity contribution in [3.05, 3.63) is 0 Å². The van der Waals surface area contributed by atoms with Gasteiger partial charge < -0.3 is 14.2 Å². The largest absolute Gasteiger partial charge is 0.381 e. The smallest absolute Gasteiger partial charge is 0.171 e. The van der Waals surface area contributed by atoms with Crippen LogP contribution in [-0.2, 0) is 14.2 Å². The van der Waals surface area contributed by atoms with Gasteiger partial charge in [0.1, 0.15) is 0 Å². The molecule has 130 valence electrons. The van der Waals surface area contributed by atoms with Crippen molar-refractivity contribution in [1.29, 1.82) is 0 Å². The van der Waals surface area contributed by atoms with Gasteiger partial charge in [-0.3, -0.25) is 0 Å². The van der Waals surface area contributed by atoms with Crippen LogP contribution >= 0.6 is 0 Å². The summed E-state index contributed by atoms with van der Waals surface area (Å²) in [7, 11) is 0. The molecule has 2 heterocycles. The molecule has 0 radical (unpaired) electrons. The van der Waals surface area contributed by atoms with Gasteiger partial charge in [0.05, 0.1) is 12.2 Å². The van der Waals surface area contributed by atoms with E-state index in [0.717, 1.165) is 25.6 Å². The molecule has 0 spiro atoms. The zero-order valence-corrected chi connectivity index (χ0v) is 15.7. The molecule has 0 N–H and O–H groups in total. The molecule has 0 aliphatic carbocycles. The summed E-state index contributed by atoms with van der Waals surface area (Å²) in [5, 5.41) is 0. The van der Waals surface area contributed by atoms with E-state index in [-0.39, 0.29) is 17.6 Å². The van der Waals surface area contributed by atoms with Crippen molar-refractivity contribution < 1.29 is 14.2 Å². The monoisotopic (exact) mass is 312 g/mol. The first kappa shape index (κ1) is 18.2. The van der Waals surface area contributed by atoms with Gasteiger partial charge in [-0.1, -0.05) is 34.6 Å². The molecule has 0 aromatic rings. The minimum Gasteiger partial charge on any atom is -0.381 e. The van der Waals surface area contributed by atoms with Crippen molar-refractivity contribution in [2.24, 2.45) is 16.7 Å². The van der Waals surface area contributed by atoms with Gasteiger partial charge in [0.25, 0.3) is 0 Å². The molecule has 3 atom stereocenters. The van der Waals surface area contributed by atoms with Gasteiger partial charge in [0.15, 0.2) is 5.79 Å². The van der Waals surface area contributed by atoms with Crippen LogP contribution in [0.5, 0.6) is 0 Å². The molecule has 2 saturated heterocycles. The summed E-state index contributed by atoms with van der Waals surface area (Å²) in [5.41, 5.74) is 0.347. The normalized spacial score (nSPS) is 35.0. The number of hydrogen-bond donors (Lipinski definition) is 0. The molecule has 3 nitrogen and oxygen atoms in total. The van der Waals surface area contributed by atoms with Crippen LogP contribution in [0.2, 0.25) is 0 Å². The van der Waals surface area contributed by atoms with Crippen LogP contribution in [0.1, 0.15) is 74.1 Å². The fourth-order valence-electron chi connectivity index (χ4n) is 3.69. The van der Waals surface area contributed by atoms with Crippen LogP contribution < -0.4 is 0 Å². The first-order valence-corrected chi connectivity index (χ1v) is 8.98. The van der Waals surface area contributed by atoms with Gasteiger partial charge in [-0.15, -0.1) is 0 Å². The lowest BCUT2D eigenvalue weighted by Crippen LogP contribution is -2.41. The topological polar surface area (TPSA) is 27.7 Å². The third-order valence-corrected chi connectivity index (χ3v) is 6.07. The van der Waals surface area contributed by atoms with Crippen LogP contribution in [0.25, 0.3) is 0 Å². The number of hydrogen-bond acceptors (Lipinski definition) is 3. The molecular formula is C19H36O3. The lowest BCUT2D eigenvalue weighted by Gasteiger charge is -2.38. The molecule has 2 rings (SSSR count). The van der Waals surface area contributed by atoms with Gasteiger partial charge in [-0.25, -0.2) is 0 Å². The van der Waals surface area contributed by atoms with Crippen molar-refractivity contribution in [3.63, 3.8) is 0 Å². The highest BCUT2D eigenvalue weighted by atomic mass is 16.8. The third-order valence-electron chi connectivity index (χ3n) is 6.07. The second kappa shape index (κ2) is 6.41. The first-order chi connectivity index (χ1) is 10.1. The molecule has 2 aliphatic rings. The van der Waals surface area contributed by atoms with Crippen molar-refractivity contribution >= 4 is 0 Å². The van der Waals surface area contributed by atoms with Crippen molar-refractivity contribution in [2.75, 3.05) is 13.2 Å². The fraction of sp³-hybridized carbons (Fsp3) is 1.00. The van der Waals surface area contributed by atoms with Gasteiger partial charge >= 0.3 is 0 Å². The molecular weight excluding hydrogens is 276 g/mol. The Morgan fingerprint density at radius 2 is 1.59 bits per heavy atom. The summed E-state index contributed by atoms with van der Waals surface area (Å²) in [6, 6.07) is 0. The maximum Gasteiger partial charge on any atom is 0.171 e. The SMILES string of the molecule is CC1OC(C)(C(C)(C)C)OC1CCC(C)(C)C1CCOCC1. The summed E-state index contributed by atoms with van der Waals surface area (Å²) < 4.78 is 18.1. The summed E-state index contributed by atoms with van der Waals surface area (Å²) in [6.45, 7) is 17.5. The quantitative estimate of drug-likeness (QED) is 0.747. The Hall–Kier alpha value is -0.120. The molecule has 0 saturated carbocycles. The van der Waals surface area contributed by atoms with Gasteiger partial charge in [0, 0.05) is 18.6 Å². The van der Waals surface area contributed by atoms with Crippen molar-refractivity contribution in [2.45, 2.75) is 92.1 Å². The Bertz CT molecular complexity index is 365. The predicted octanol–water partition coefficient (Wildman–Crippen LogP) is 4.79. The molecule has 3 unspecified atom stereocenters. The minimum absolute atomic E-state index is 0.00770. The molecule has 22 heavy (non-hydrogen) atoms. The van der Waals surface area contributed by atoms with Crippen LogP contribution in [0.15, 0.2) is 0 Å². The zero-order valence-electron chi connectivity index (χ0n) is 15.7. The van der Waals surface area contributed by atoms with Crippen LogP contribution in [0.3, 0.4) is 0 Å². The van der Waals surface area contributed by atoms with Gasteiger partial charge in [-0.05, 0) is 50.9 Å². The second-order valence-corrected chi connectivity index (χ2v) is 9.09. The van der Waals surface area contributed by atoms with Crippen LogP contribution in [0, 0.1) is 16.7 Å². The minimum atomic E-state index is -0.472. The van der Waals surface area contributed by atoms with E-state index in [2.05, 4.69) is 48.5 Å². The standard InChI is InChI=1S/C19H36O3/c1-14-16(22-19(7,21-14)17(2,3)4)8-11-18(5,6)15-9-12-20-13-10-15/h14-16H,8-13H2,1-7H3. The Morgan fingerprint density at radius 1 is 1.00 bits per heavy atom. The molecule has 0 aromatic carbocycles. The third kappa shape index (κ3) is 3.85. The number of ether oxygens (including phenoxy) is 3. The number of rotatable bonds is 4. The Morgan fingerprint density at radius 3 is 2.09 bits per heavy atom. The lowest BCUT2D eigenvalue weighted by molar-refractivity contribution is -0.223. The van der Waals surface area contributed by atoms with Gasteiger partial charge in [-0.2, -0.15) is 0 Å². The van der Waals surface area contributed by atoms with E-state index in [1.165, 1.54) is 19.3 Å². The summed E-state index contributed by atoms with van der Waals surface area (Å²) in [6.07, 6.45) is 5.06. The van der Waals surface area contributed by atoms with E-state index >= 15 is 0 Å². The molecule has 3 heteroatoms. The highest BCUT2D eigenvalue weighted by molar-refractivity contribution is 4.90. The van der Waals surface area contributed by atoms with Crippen LogP contribution in [-0.4, -0.2) is 31.2 Å². The Kier molecular flexibility index (Phi) is 5.31. The average molecular weight is 312 g/mol. The molecule has 2 fully saturated rings. The second-order valence-electron chi connectivity index (χ2n) is 9.09. The highest BCUT2D eigenvalue weighted by Crippen LogP contribution is 2.45. The molecule has 0 aromatic heterocycles. The maximum atomic E-state index is 6.36. The van der Waals surface area contributed by atoms with E-state index in [0.29, 0.717) is 5.41 Å². The van der Waals surface area contributed by atoms with E-state index in [4.69, 9.17) is 14.2 Å². The van der Waals surface area contributed by atoms with E-state index in [9.17, 15) is 0 Å². The van der Waals surface area contributed by atoms with Crippen LogP contribution in [0.4, 0.5) is 0 Å². The zero-order chi connectivity index (χ0) is 16.6. The lowest BCUT2D eigenvalue weighted by atomic mass is 9.71. The average Bonchev–Trinajstić information content (AvgIpc) is 2.73. The molecule has 0 bridgehead atoms. The Labute approximate surface area is 137 Å². The summed E-state index contributed by atoms with van der Waals surface area (Å²) >= 11 is 0. The summed E-state index contributed by atoms with van der Waals surface area (Å²) in [5.74, 6) is 0.299. The Balaban J connectivity index is 1.91. The molecule has 2 aliphatic heterocycles. The molecule has 0 amide bonds.